The Morgan fingerprint density at radius 2 is 1.67 bits per heavy atom. The molecular formula is C26H32N2O5. The summed E-state index contributed by atoms with van der Waals surface area (Å²) >= 11 is 0. The quantitative estimate of drug-likeness (QED) is 0.481. The first-order valence-electron chi connectivity index (χ1n) is 11.5. The number of nitrogens with zero attached hydrogens (tertiary/aromatic N) is 1. The Kier molecular flexibility index (Phi) is 8.87. The molecule has 1 N–H and O–H groups in total. The van der Waals surface area contributed by atoms with Crippen molar-refractivity contribution in [1.82, 2.24) is 10.2 Å². The molecule has 7 heteroatoms. The molecule has 0 atom stereocenters. The summed E-state index contributed by atoms with van der Waals surface area (Å²) in [5, 5.41) is 2.97. The molecule has 1 saturated heterocycles. The third kappa shape index (κ3) is 7.63. The Morgan fingerprint density at radius 3 is 2.30 bits per heavy atom. The second kappa shape index (κ2) is 12.0. The third-order valence-electron chi connectivity index (χ3n) is 5.85. The fourth-order valence-corrected chi connectivity index (χ4v) is 3.81. The molecule has 1 fully saturated rings. The molecule has 0 aliphatic carbocycles. The van der Waals surface area contributed by atoms with Crippen LogP contribution in [0.5, 0.6) is 5.75 Å². The Hall–Kier alpha value is -3.35. The molecule has 33 heavy (non-hydrogen) atoms. The van der Waals surface area contributed by atoms with Gasteiger partial charge in [0.15, 0.2) is 0 Å². The number of carbonyl (C=O) groups is 3. The highest BCUT2D eigenvalue weighted by molar-refractivity contribution is 5.94. The molecule has 1 aliphatic heterocycles. The second-order valence-electron chi connectivity index (χ2n) is 8.33. The summed E-state index contributed by atoms with van der Waals surface area (Å²) in [4.78, 5) is 38.3. The number of benzene rings is 2. The molecule has 0 spiro atoms. The first-order chi connectivity index (χ1) is 15.9. The number of hydrogen-bond acceptors (Lipinski definition) is 5. The summed E-state index contributed by atoms with van der Waals surface area (Å²) in [5.41, 5.74) is 2.90. The smallest absolute Gasteiger partial charge is 0.434 e. The topological polar surface area (TPSA) is 84.9 Å². The number of amides is 2. The van der Waals surface area contributed by atoms with Crippen LogP contribution in [0, 0.1) is 12.8 Å². The lowest BCUT2D eigenvalue weighted by Gasteiger charge is -2.32. The molecule has 0 aromatic heterocycles. The van der Waals surface area contributed by atoms with E-state index in [9.17, 15) is 14.4 Å². The Balaban J connectivity index is 1.36. The van der Waals surface area contributed by atoms with Crippen LogP contribution in [0.15, 0.2) is 48.5 Å². The largest absolute Gasteiger partial charge is 0.513 e. The van der Waals surface area contributed by atoms with Crippen LogP contribution in [0.25, 0.3) is 0 Å². The standard InChI is InChI=1S/C26H32N2O5/c1-3-32-26(31)33-23-11-9-22(10-12-23)25(30)27-18-21-14-16-28(17-15-21)24(29)13-8-20-6-4-19(2)5-7-20/h4-7,9-12,21H,3,8,13-18H2,1-2H3,(H,27,30). The summed E-state index contributed by atoms with van der Waals surface area (Å²) in [6.07, 6.45) is 2.28. The number of likely N-dealkylation sites (tertiary alicyclic amines) is 1. The first kappa shape index (κ1) is 24.3. The van der Waals surface area contributed by atoms with Gasteiger partial charge in [0.25, 0.3) is 5.91 Å². The zero-order valence-corrected chi connectivity index (χ0v) is 19.3. The van der Waals surface area contributed by atoms with Gasteiger partial charge >= 0.3 is 6.16 Å². The molecule has 0 unspecified atom stereocenters. The van der Waals surface area contributed by atoms with Crippen LogP contribution in [0.2, 0.25) is 0 Å². The van der Waals surface area contributed by atoms with Gasteiger partial charge in [0.05, 0.1) is 6.61 Å². The summed E-state index contributed by atoms with van der Waals surface area (Å²) in [7, 11) is 0. The van der Waals surface area contributed by atoms with Crippen molar-refractivity contribution in [2.45, 2.75) is 39.5 Å². The zero-order chi connectivity index (χ0) is 23.6. The molecule has 7 nitrogen and oxygen atoms in total. The van der Waals surface area contributed by atoms with Gasteiger partial charge in [0.1, 0.15) is 5.75 Å². The van der Waals surface area contributed by atoms with E-state index in [1.54, 1.807) is 31.2 Å². The monoisotopic (exact) mass is 452 g/mol. The van der Waals surface area contributed by atoms with Crippen molar-refractivity contribution in [3.05, 3.63) is 65.2 Å². The molecular weight excluding hydrogens is 420 g/mol. The molecule has 3 rings (SSSR count). The highest BCUT2D eigenvalue weighted by Gasteiger charge is 2.23. The molecule has 0 radical (unpaired) electrons. The average Bonchev–Trinajstić information content (AvgIpc) is 2.83. The number of carbonyl (C=O) groups excluding carboxylic acids is 3. The van der Waals surface area contributed by atoms with E-state index in [0.717, 1.165) is 32.4 Å². The summed E-state index contributed by atoms with van der Waals surface area (Å²) < 4.78 is 9.72. The predicted octanol–water partition coefficient (Wildman–Crippen LogP) is 4.13. The van der Waals surface area contributed by atoms with Crippen molar-refractivity contribution in [1.29, 1.82) is 0 Å². The number of ether oxygens (including phenoxy) is 2. The Labute approximate surface area is 195 Å². The summed E-state index contributed by atoms with van der Waals surface area (Å²) in [5.74, 6) is 0.698. The van der Waals surface area contributed by atoms with Gasteiger partial charge in [-0.3, -0.25) is 9.59 Å². The van der Waals surface area contributed by atoms with Crippen LogP contribution in [0.1, 0.15) is 47.7 Å². The molecule has 1 heterocycles. The maximum atomic E-state index is 12.5. The van der Waals surface area contributed by atoms with E-state index < -0.39 is 6.16 Å². The molecule has 176 valence electrons. The van der Waals surface area contributed by atoms with Crippen molar-refractivity contribution in [2.24, 2.45) is 5.92 Å². The van der Waals surface area contributed by atoms with Gasteiger partial charge in [-0.15, -0.1) is 0 Å². The molecule has 0 saturated carbocycles. The van der Waals surface area contributed by atoms with Crippen LogP contribution in [0.4, 0.5) is 4.79 Å². The van der Waals surface area contributed by atoms with Gasteiger partial charge in [-0.2, -0.15) is 0 Å². The fraction of sp³-hybridized carbons (Fsp3) is 0.423. The SMILES string of the molecule is CCOC(=O)Oc1ccc(C(=O)NCC2CCN(C(=O)CCc3ccc(C)cc3)CC2)cc1. The minimum atomic E-state index is -0.769. The zero-order valence-electron chi connectivity index (χ0n) is 19.3. The van der Waals surface area contributed by atoms with Crippen molar-refractivity contribution in [2.75, 3.05) is 26.2 Å². The van der Waals surface area contributed by atoms with Crippen molar-refractivity contribution in [3.63, 3.8) is 0 Å². The van der Waals surface area contributed by atoms with Crippen LogP contribution in [0.3, 0.4) is 0 Å². The number of hydrogen-bond donors (Lipinski definition) is 1. The van der Waals surface area contributed by atoms with E-state index in [0.29, 0.717) is 30.2 Å². The second-order valence-corrected chi connectivity index (χ2v) is 8.33. The maximum Gasteiger partial charge on any atom is 0.513 e. The van der Waals surface area contributed by atoms with Crippen molar-refractivity contribution < 1.29 is 23.9 Å². The van der Waals surface area contributed by atoms with E-state index in [1.807, 2.05) is 4.90 Å². The minimum Gasteiger partial charge on any atom is -0.434 e. The van der Waals surface area contributed by atoms with E-state index in [-0.39, 0.29) is 18.4 Å². The number of rotatable bonds is 8. The number of piperidine rings is 1. The lowest BCUT2D eigenvalue weighted by molar-refractivity contribution is -0.132. The normalized spacial score (nSPS) is 13.9. The minimum absolute atomic E-state index is 0.172. The average molecular weight is 453 g/mol. The summed E-state index contributed by atoms with van der Waals surface area (Å²) in [6.45, 7) is 6.02. The van der Waals surface area contributed by atoms with Gasteiger partial charge in [-0.25, -0.2) is 4.79 Å². The molecule has 2 amide bonds. The third-order valence-corrected chi connectivity index (χ3v) is 5.85. The highest BCUT2D eigenvalue weighted by Crippen LogP contribution is 2.19. The summed E-state index contributed by atoms with van der Waals surface area (Å²) in [6, 6.07) is 14.7. The van der Waals surface area contributed by atoms with E-state index in [4.69, 9.17) is 9.47 Å². The fourth-order valence-electron chi connectivity index (χ4n) is 3.81. The van der Waals surface area contributed by atoms with Gasteiger partial charge in [-0.1, -0.05) is 29.8 Å². The van der Waals surface area contributed by atoms with Gasteiger partial charge < -0.3 is 19.7 Å². The predicted molar refractivity (Wildman–Crippen MR) is 125 cm³/mol. The lowest BCUT2D eigenvalue weighted by atomic mass is 9.96. The maximum absolute atomic E-state index is 12.5. The van der Waals surface area contributed by atoms with Crippen LogP contribution in [-0.2, 0) is 16.0 Å². The number of aryl methyl sites for hydroxylation is 2. The van der Waals surface area contributed by atoms with Gasteiger partial charge in [-0.05, 0) is 68.9 Å². The van der Waals surface area contributed by atoms with E-state index in [2.05, 4.69) is 36.5 Å². The molecule has 2 aromatic rings. The van der Waals surface area contributed by atoms with E-state index in [1.165, 1.54) is 11.1 Å². The van der Waals surface area contributed by atoms with E-state index >= 15 is 0 Å². The first-order valence-corrected chi connectivity index (χ1v) is 11.5. The van der Waals surface area contributed by atoms with Gasteiger partial charge in [0, 0.05) is 31.6 Å². The van der Waals surface area contributed by atoms with Gasteiger partial charge in [0.2, 0.25) is 5.91 Å². The lowest BCUT2D eigenvalue weighted by Crippen LogP contribution is -2.41. The number of nitrogens with one attached hydrogen (secondary N) is 1. The van der Waals surface area contributed by atoms with Crippen LogP contribution >= 0.6 is 0 Å². The molecule has 2 aromatic carbocycles. The van der Waals surface area contributed by atoms with Crippen molar-refractivity contribution in [3.8, 4) is 5.75 Å². The highest BCUT2D eigenvalue weighted by atomic mass is 16.7. The Bertz CT molecular complexity index is 932. The Morgan fingerprint density at radius 1 is 1.00 bits per heavy atom. The van der Waals surface area contributed by atoms with Crippen LogP contribution < -0.4 is 10.1 Å². The molecule has 0 bridgehead atoms. The van der Waals surface area contributed by atoms with Crippen LogP contribution in [-0.4, -0.2) is 49.1 Å². The van der Waals surface area contributed by atoms with Crippen molar-refractivity contribution >= 4 is 18.0 Å². The molecule has 1 aliphatic rings.